The molecule has 0 spiro atoms. The standard InChI is InChI=1S/C17H20ClN3O3/c1-12-9-13(4-5-15(12)18)24-11-21-7-6-16(20-21)17(22)19-10-14-3-2-8-23-14/h4-7,9,14H,2-3,8,10-11H2,1H3,(H,19,22). The first-order valence-corrected chi connectivity index (χ1v) is 8.32. The van der Waals surface area contributed by atoms with Gasteiger partial charge in [-0.15, -0.1) is 0 Å². The summed E-state index contributed by atoms with van der Waals surface area (Å²) >= 11 is 5.99. The van der Waals surface area contributed by atoms with Crippen molar-refractivity contribution in [3.05, 3.63) is 46.7 Å². The average Bonchev–Trinajstić information content (AvgIpc) is 3.25. The molecule has 0 bridgehead atoms. The summed E-state index contributed by atoms with van der Waals surface area (Å²) in [5, 5.41) is 7.77. The minimum absolute atomic E-state index is 0.118. The summed E-state index contributed by atoms with van der Waals surface area (Å²) in [6.07, 6.45) is 3.87. The lowest BCUT2D eigenvalue weighted by Gasteiger charge is -2.09. The number of nitrogens with zero attached hydrogens (tertiary/aromatic N) is 2. The fraction of sp³-hybridized carbons (Fsp3) is 0.412. The normalized spacial score (nSPS) is 17.0. The lowest BCUT2D eigenvalue weighted by molar-refractivity contribution is 0.0852. The smallest absolute Gasteiger partial charge is 0.271 e. The number of rotatable bonds is 6. The molecule has 1 aliphatic rings. The summed E-state index contributed by atoms with van der Waals surface area (Å²) < 4.78 is 12.7. The number of carbonyl (C=O) groups excluding carboxylic acids is 1. The number of hydrogen-bond donors (Lipinski definition) is 1. The molecule has 1 amide bonds. The molecule has 24 heavy (non-hydrogen) atoms. The molecule has 6 nitrogen and oxygen atoms in total. The Labute approximate surface area is 145 Å². The second-order valence-corrected chi connectivity index (χ2v) is 6.18. The zero-order valence-electron chi connectivity index (χ0n) is 13.5. The predicted molar refractivity (Wildman–Crippen MR) is 90.4 cm³/mol. The number of halogens is 1. The van der Waals surface area contributed by atoms with E-state index < -0.39 is 0 Å². The van der Waals surface area contributed by atoms with Gasteiger partial charge in [-0.3, -0.25) is 4.79 Å². The van der Waals surface area contributed by atoms with Gasteiger partial charge in [0.15, 0.2) is 6.73 Å². The molecule has 1 fully saturated rings. The molecular formula is C17H20ClN3O3. The van der Waals surface area contributed by atoms with Gasteiger partial charge in [0.25, 0.3) is 5.91 Å². The zero-order chi connectivity index (χ0) is 16.9. The average molecular weight is 350 g/mol. The first kappa shape index (κ1) is 16.8. The van der Waals surface area contributed by atoms with E-state index in [-0.39, 0.29) is 18.7 Å². The molecule has 2 heterocycles. The maximum atomic E-state index is 12.1. The van der Waals surface area contributed by atoms with Crippen LogP contribution >= 0.6 is 11.6 Å². The summed E-state index contributed by atoms with van der Waals surface area (Å²) in [4.78, 5) is 12.1. The number of amides is 1. The summed E-state index contributed by atoms with van der Waals surface area (Å²) in [5.74, 6) is 0.503. The summed E-state index contributed by atoms with van der Waals surface area (Å²) in [6, 6.07) is 7.12. The van der Waals surface area contributed by atoms with Crippen molar-refractivity contribution >= 4 is 17.5 Å². The van der Waals surface area contributed by atoms with Gasteiger partial charge in [0.2, 0.25) is 0 Å². The van der Waals surface area contributed by atoms with E-state index in [0.29, 0.717) is 23.0 Å². The van der Waals surface area contributed by atoms with Crippen molar-refractivity contribution in [1.29, 1.82) is 0 Å². The van der Waals surface area contributed by atoms with E-state index in [4.69, 9.17) is 21.1 Å². The lowest BCUT2D eigenvalue weighted by atomic mass is 10.2. The van der Waals surface area contributed by atoms with Crippen LogP contribution in [0.15, 0.2) is 30.5 Å². The highest BCUT2D eigenvalue weighted by atomic mass is 35.5. The van der Waals surface area contributed by atoms with Gasteiger partial charge in [0.05, 0.1) is 6.10 Å². The molecule has 0 saturated carbocycles. The molecule has 2 aromatic rings. The number of aryl methyl sites for hydroxylation is 1. The van der Waals surface area contributed by atoms with Crippen molar-refractivity contribution < 1.29 is 14.3 Å². The maximum Gasteiger partial charge on any atom is 0.271 e. The Morgan fingerprint density at radius 1 is 1.50 bits per heavy atom. The van der Waals surface area contributed by atoms with Gasteiger partial charge in [-0.05, 0) is 49.6 Å². The second kappa shape index (κ2) is 7.68. The largest absolute Gasteiger partial charge is 0.471 e. The molecule has 3 rings (SSSR count). The van der Waals surface area contributed by atoms with Crippen LogP contribution in [0.1, 0.15) is 28.9 Å². The molecule has 1 aromatic heterocycles. The Bertz CT molecular complexity index is 711. The zero-order valence-corrected chi connectivity index (χ0v) is 14.3. The van der Waals surface area contributed by atoms with E-state index in [1.165, 1.54) is 0 Å². The van der Waals surface area contributed by atoms with Crippen LogP contribution in [0, 0.1) is 6.92 Å². The molecule has 1 unspecified atom stereocenters. The van der Waals surface area contributed by atoms with E-state index >= 15 is 0 Å². The third-order valence-corrected chi connectivity index (χ3v) is 4.30. The van der Waals surface area contributed by atoms with Crippen LogP contribution in [-0.2, 0) is 11.5 Å². The molecule has 1 aliphatic heterocycles. The first-order valence-electron chi connectivity index (χ1n) is 7.94. The van der Waals surface area contributed by atoms with Gasteiger partial charge >= 0.3 is 0 Å². The number of nitrogens with one attached hydrogen (secondary N) is 1. The molecule has 0 aliphatic carbocycles. The van der Waals surface area contributed by atoms with Crippen LogP contribution < -0.4 is 10.1 Å². The minimum Gasteiger partial charge on any atom is -0.471 e. The van der Waals surface area contributed by atoms with Crippen molar-refractivity contribution in [1.82, 2.24) is 15.1 Å². The first-order chi connectivity index (χ1) is 11.6. The van der Waals surface area contributed by atoms with Gasteiger partial charge in [-0.25, -0.2) is 4.68 Å². The molecular weight excluding hydrogens is 330 g/mol. The molecule has 1 N–H and O–H groups in total. The highest BCUT2D eigenvalue weighted by molar-refractivity contribution is 6.31. The minimum atomic E-state index is -0.202. The van der Waals surface area contributed by atoms with Gasteiger partial charge in [-0.2, -0.15) is 5.10 Å². The predicted octanol–water partition coefficient (Wildman–Crippen LogP) is 2.79. The lowest BCUT2D eigenvalue weighted by Crippen LogP contribution is -2.32. The van der Waals surface area contributed by atoms with Crippen molar-refractivity contribution in [2.75, 3.05) is 13.2 Å². The van der Waals surface area contributed by atoms with Crippen molar-refractivity contribution in [3.63, 3.8) is 0 Å². The van der Waals surface area contributed by atoms with Crippen LogP contribution in [0.3, 0.4) is 0 Å². The maximum absolute atomic E-state index is 12.1. The third kappa shape index (κ3) is 4.27. The number of benzene rings is 1. The van der Waals surface area contributed by atoms with Gasteiger partial charge in [0.1, 0.15) is 11.4 Å². The Kier molecular flexibility index (Phi) is 5.37. The van der Waals surface area contributed by atoms with Crippen LogP contribution in [0.4, 0.5) is 0 Å². The van der Waals surface area contributed by atoms with Crippen LogP contribution in [0.25, 0.3) is 0 Å². The second-order valence-electron chi connectivity index (χ2n) is 5.77. The van der Waals surface area contributed by atoms with Crippen LogP contribution in [0.5, 0.6) is 5.75 Å². The van der Waals surface area contributed by atoms with Gasteiger partial charge < -0.3 is 14.8 Å². The quantitative estimate of drug-likeness (QED) is 0.871. The molecule has 1 saturated heterocycles. The Morgan fingerprint density at radius 2 is 2.38 bits per heavy atom. The SMILES string of the molecule is Cc1cc(OCn2ccc(C(=O)NCC3CCCO3)n2)ccc1Cl. The molecule has 1 aromatic carbocycles. The number of hydrogen-bond acceptors (Lipinski definition) is 4. The summed E-state index contributed by atoms with van der Waals surface area (Å²) in [7, 11) is 0. The Morgan fingerprint density at radius 3 is 3.12 bits per heavy atom. The van der Waals surface area contributed by atoms with E-state index in [9.17, 15) is 4.79 Å². The van der Waals surface area contributed by atoms with E-state index in [2.05, 4.69) is 10.4 Å². The Hall–Kier alpha value is -2.05. The number of aromatic nitrogens is 2. The summed E-state index contributed by atoms with van der Waals surface area (Å²) in [5.41, 5.74) is 1.31. The number of ether oxygens (including phenoxy) is 2. The molecule has 1 atom stereocenters. The van der Waals surface area contributed by atoms with Crippen molar-refractivity contribution in [3.8, 4) is 5.75 Å². The monoisotopic (exact) mass is 349 g/mol. The third-order valence-electron chi connectivity index (χ3n) is 3.88. The molecule has 7 heteroatoms. The fourth-order valence-electron chi connectivity index (χ4n) is 2.50. The molecule has 128 valence electrons. The summed E-state index contributed by atoms with van der Waals surface area (Å²) in [6.45, 7) is 3.43. The highest BCUT2D eigenvalue weighted by Gasteiger charge is 2.17. The van der Waals surface area contributed by atoms with Gasteiger partial charge in [-0.1, -0.05) is 11.6 Å². The highest BCUT2D eigenvalue weighted by Crippen LogP contribution is 2.21. The van der Waals surface area contributed by atoms with Crippen LogP contribution in [0.2, 0.25) is 5.02 Å². The van der Waals surface area contributed by atoms with Crippen molar-refractivity contribution in [2.24, 2.45) is 0 Å². The Balaban J connectivity index is 1.50. The van der Waals surface area contributed by atoms with Crippen LogP contribution in [-0.4, -0.2) is 34.9 Å². The molecule has 0 radical (unpaired) electrons. The van der Waals surface area contributed by atoms with E-state index in [1.54, 1.807) is 29.1 Å². The number of carbonyl (C=O) groups is 1. The van der Waals surface area contributed by atoms with E-state index in [0.717, 1.165) is 25.0 Å². The fourth-order valence-corrected chi connectivity index (χ4v) is 2.62. The topological polar surface area (TPSA) is 65.4 Å². The van der Waals surface area contributed by atoms with Gasteiger partial charge in [0, 0.05) is 24.4 Å². The van der Waals surface area contributed by atoms with Crippen molar-refractivity contribution in [2.45, 2.75) is 32.6 Å². The van der Waals surface area contributed by atoms with E-state index in [1.807, 2.05) is 13.0 Å².